The van der Waals surface area contributed by atoms with Crippen LogP contribution in [0.2, 0.25) is 0 Å². The smallest absolute Gasteiger partial charge is 0.122 e. The molecule has 1 N–H and O–H groups in total. The summed E-state index contributed by atoms with van der Waals surface area (Å²) in [5, 5.41) is 1.25. The van der Waals surface area contributed by atoms with E-state index in [4.69, 9.17) is 4.74 Å². The highest BCUT2D eigenvalue weighted by atomic mass is 16.5. The van der Waals surface area contributed by atoms with Crippen LogP contribution >= 0.6 is 0 Å². The fourth-order valence-electron chi connectivity index (χ4n) is 1.69. The molecule has 0 atom stereocenters. The fraction of sp³-hybridized carbons (Fsp3) is 0.385. The molecule has 15 heavy (non-hydrogen) atoms. The van der Waals surface area contributed by atoms with E-state index in [1.54, 1.807) is 7.11 Å². The molecule has 2 nitrogen and oxygen atoms in total. The van der Waals surface area contributed by atoms with Gasteiger partial charge in [-0.1, -0.05) is 13.8 Å². The van der Waals surface area contributed by atoms with Gasteiger partial charge in [-0.3, -0.25) is 0 Å². The van der Waals surface area contributed by atoms with Gasteiger partial charge in [0.15, 0.2) is 0 Å². The van der Waals surface area contributed by atoms with E-state index in [1.165, 1.54) is 22.2 Å². The highest BCUT2D eigenvalue weighted by molar-refractivity contribution is 5.85. The van der Waals surface area contributed by atoms with Crippen molar-refractivity contribution in [2.45, 2.75) is 27.7 Å². The quantitative estimate of drug-likeness (QED) is 0.752. The van der Waals surface area contributed by atoms with E-state index in [2.05, 4.69) is 24.9 Å². The molecule has 0 spiro atoms. The Hall–Kier alpha value is -1.44. The molecule has 0 fully saturated rings. The number of benzene rings is 1. The number of fused-ring (bicyclic) bond motifs is 1. The molecule has 82 valence electrons. The number of hydrogen-bond donors (Lipinski definition) is 1. The molecule has 0 aliphatic heterocycles. The van der Waals surface area contributed by atoms with E-state index in [0.29, 0.717) is 0 Å². The SMILES string of the molecule is CC.COc1ccc2[nH]c(C)cc2c1C. The first-order chi connectivity index (χ1) is 7.22. The van der Waals surface area contributed by atoms with Gasteiger partial charge in [-0.15, -0.1) is 0 Å². The summed E-state index contributed by atoms with van der Waals surface area (Å²) >= 11 is 0. The molecule has 0 amide bonds. The van der Waals surface area contributed by atoms with Gasteiger partial charge in [0, 0.05) is 22.2 Å². The molecule has 2 heteroatoms. The zero-order valence-electron chi connectivity index (χ0n) is 10.1. The third-order valence-electron chi connectivity index (χ3n) is 2.38. The number of rotatable bonds is 1. The minimum absolute atomic E-state index is 0.950. The number of nitrogens with one attached hydrogen (secondary N) is 1. The van der Waals surface area contributed by atoms with E-state index in [-0.39, 0.29) is 0 Å². The Morgan fingerprint density at radius 1 is 1.13 bits per heavy atom. The third-order valence-corrected chi connectivity index (χ3v) is 2.38. The monoisotopic (exact) mass is 205 g/mol. The van der Waals surface area contributed by atoms with E-state index >= 15 is 0 Å². The zero-order chi connectivity index (χ0) is 11.4. The van der Waals surface area contributed by atoms with Crippen molar-refractivity contribution < 1.29 is 4.74 Å². The molecular weight excluding hydrogens is 186 g/mol. The summed E-state index contributed by atoms with van der Waals surface area (Å²) < 4.78 is 5.25. The van der Waals surface area contributed by atoms with Crippen molar-refractivity contribution in [3.63, 3.8) is 0 Å². The average molecular weight is 205 g/mol. The van der Waals surface area contributed by atoms with Gasteiger partial charge < -0.3 is 9.72 Å². The molecule has 0 radical (unpaired) electrons. The number of hydrogen-bond acceptors (Lipinski definition) is 1. The van der Waals surface area contributed by atoms with Gasteiger partial charge in [0.2, 0.25) is 0 Å². The summed E-state index contributed by atoms with van der Waals surface area (Å²) in [6, 6.07) is 6.19. The van der Waals surface area contributed by atoms with Gasteiger partial charge in [0.25, 0.3) is 0 Å². The van der Waals surface area contributed by atoms with E-state index in [1.807, 2.05) is 26.0 Å². The first kappa shape index (κ1) is 11.6. The molecule has 1 aromatic heterocycles. The van der Waals surface area contributed by atoms with Crippen LogP contribution in [-0.2, 0) is 0 Å². The second-order valence-corrected chi connectivity index (χ2v) is 3.31. The first-order valence-electron chi connectivity index (χ1n) is 5.35. The van der Waals surface area contributed by atoms with E-state index in [0.717, 1.165) is 5.75 Å². The first-order valence-corrected chi connectivity index (χ1v) is 5.35. The lowest BCUT2D eigenvalue weighted by molar-refractivity contribution is 0.412. The molecule has 0 saturated heterocycles. The number of aryl methyl sites for hydroxylation is 2. The lowest BCUT2D eigenvalue weighted by Crippen LogP contribution is -1.86. The van der Waals surface area contributed by atoms with E-state index in [9.17, 15) is 0 Å². The van der Waals surface area contributed by atoms with Crippen LogP contribution in [0.1, 0.15) is 25.1 Å². The van der Waals surface area contributed by atoms with Gasteiger partial charge in [-0.05, 0) is 32.0 Å². The average Bonchev–Trinajstić information content (AvgIpc) is 2.63. The third kappa shape index (κ3) is 2.14. The van der Waals surface area contributed by atoms with Crippen molar-refractivity contribution >= 4 is 10.9 Å². The Kier molecular flexibility index (Phi) is 3.78. The van der Waals surface area contributed by atoms with Crippen molar-refractivity contribution in [2.75, 3.05) is 7.11 Å². The fourth-order valence-corrected chi connectivity index (χ4v) is 1.69. The summed E-state index contributed by atoms with van der Waals surface area (Å²) in [6.45, 7) is 8.14. The summed E-state index contributed by atoms with van der Waals surface area (Å²) in [6.07, 6.45) is 0. The number of H-pyrrole nitrogens is 1. The maximum absolute atomic E-state index is 5.25. The predicted molar refractivity (Wildman–Crippen MR) is 65.7 cm³/mol. The molecule has 2 rings (SSSR count). The van der Waals surface area contributed by atoms with Crippen LogP contribution in [0.4, 0.5) is 0 Å². The second-order valence-electron chi connectivity index (χ2n) is 3.31. The molecule has 0 aliphatic carbocycles. The van der Waals surface area contributed by atoms with Crippen molar-refractivity contribution in [2.24, 2.45) is 0 Å². The molecular formula is C13H19NO. The summed E-state index contributed by atoms with van der Waals surface area (Å²) in [5.74, 6) is 0.950. The molecule has 0 bridgehead atoms. The number of aromatic amines is 1. The highest BCUT2D eigenvalue weighted by Crippen LogP contribution is 2.27. The van der Waals surface area contributed by atoms with Crippen molar-refractivity contribution in [1.29, 1.82) is 0 Å². The maximum atomic E-state index is 5.25. The van der Waals surface area contributed by atoms with Crippen LogP contribution in [0.25, 0.3) is 10.9 Å². The standard InChI is InChI=1S/C11H13NO.C2H6/c1-7-6-9-8(2)11(13-3)5-4-10(9)12-7;1-2/h4-6,12H,1-3H3;1-2H3. The Morgan fingerprint density at radius 2 is 1.80 bits per heavy atom. The van der Waals surface area contributed by atoms with E-state index < -0.39 is 0 Å². The van der Waals surface area contributed by atoms with Crippen LogP contribution in [0.5, 0.6) is 5.75 Å². The molecule has 0 saturated carbocycles. The van der Waals surface area contributed by atoms with Gasteiger partial charge in [0.1, 0.15) is 5.75 Å². The number of methoxy groups -OCH3 is 1. The molecule has 1 aromatic carbocycles. The van der Waals surface area contributed by atoms with Crippen molar-refractivity contribution in [3.05, 3.63) is 29.5 Å². The topological polar surface area (TPSA) is 25.0 Å². The van der Waals surface area contributed by atoms with Crippen LogP contribution < -0.4 is 4.74 Å². The minimum Gasteiger partial charge on any atom is -0.496 e. The Bertz CT molecular complexity index is 443. The summed E-state index contributed by atoms with van der Waals surface area (Å²) in [7, 11) is 1.70. The zero-order valence-corrected chi connectivity index (χ0v) is 10.1. The van der Waals surface area contributed by atoms with Crippen LogP contribution in [0, 0.1) is 13.8 Å². The van der Waals surface area contributed by atoms with Gasteiger partial charge in [-0.2, -0.15) is 0 Å². The molecule has 0 aliphatic rings. The van der Waals surface area contributed by atoms with Crippen LogP contribution in [-0.4, -0.2) is 12.1 Å². The maximum Gasteiger partial charge on any atom is 0.122 e. The lowest BCUT2D eigenvalue weighted by Gasteiger charge is -2.04. The molecule has 0 unspecified atom stereocenters. The lowest BCUT2D eigenvalue weighted by atomic mass is 10.1. The highest BCUT2D eigenvalue weighted by Gasteiger charge is 2.04. The van der Waals surface area contributed by atoms with Crippen molar-refractivity contribution in [3.8, 4) is 5.75 Å². The normalized spacial score (nSPS) is 9.67. The Labute approximate surface area is 91.3 Å². The van der Waals surface area contributed by atoms with Crippen molar-refractivity contribution in [1.82, 2.24) is 4.98 Å². The second kappa shape index (κ2) is 4.87. The Balaban J connectivity index is 0.000000531. The number of aromatic nitrogens is 1. The van der Waals surface area contributed by atoms with Gasteiger partial charge in [0.05, 0.1) is 7.11 Å². The van der Waals surface area contributed by atoms with Crippen LogP contribution in [0.3, 0.4) is 0 Å². The number of ether oxygens (including phenoxy) is 1. The Morgan fingerprint density at radius 3 is 2.40 bits per heavy atom. The van der Waals surface area contributed by atoms with Gasteiger partial charge >= 0.3 is 0 Å². The summed E-state index contributed by atoms with van der Waals surface area (Å²) in [4.78, 5) is 3.30. The predicted octanol–water partition coefficient (Wildman–Crippen LogP) is 3.82. The molecule has 2 aromatic rings. The largest absolute Gasteiger partial charge is 0.496 e. The molecule has 1 heterocycles. The van der Waals surface area contributed by atoms with Gasteiger partial charge in [-0.25, -0.2) is 0 Å². The summed E-state index contributed by atoms with van der Waals surface area (Å²) in [5.41, 5.74) is 3.56. The van der Waals surface area contributed by atoms with Crippen LogP contribution in [0.15, 0.2) is 18.2 Å². The minimum atomic E-state index is 0.950.